The van der Waals surface area contributed by atoms with Crippen molar-refractivity contribution in [2.24, 2.45) is 16.7 Å². The summed E-state index contributed by atoms with van der Waals surface area (Å²) in [6, 6.07) is 16.9. The van der Waals surface area contributed by atoms with E-state index in [4.69, 9.17) is 4.74 Å². The topological polar surface area (TPSA) is 49.8 Å². The molecule has 3 aliphatic carbocycles. The van der Waals surface area contributed by atoms with E-state index in [9.17, 15) is 9.90 Å². The molecule has 2 heterocycles. The van der Waals surface area contributed by atoms with Crippen LogP contribution in [-0.4, -0.2) is 42.4 Å². The summed E-state index contributed by atoms with van der Waals surface area (Å²) >= 11 is 0. The number of fused-ring (bicyclic) bond motifs is 5. The van der Waals surface area contributed by atoms with Crippen LogP contribution in [0, 0.1) is 16.7 Å². The summed E-state index contributed by atoms with van der Waals surface area (Å²) in [5, 5.41) is 10.0. The summed E-state index contributed by atoms with van der Waals surface area (Å²) in [7, 11) is 0. The molecule has 1 N–H and O–H groups in total. The second-order valence-electron chi connectivity index (χ2n) is 10.2. The number of benzene rings is 2. The maximum absolute atomic E-state index is 13.1. The van der Waals surface area contributed by atoms with Gasteiger partial charge in [0.05, 0.1) is 6.61 Å². The lowest BCUT2D eigenvalue weighted by Gasteiger charge is -2.67. The predicted octanol–water partition coefficient (Wildman–Crippen LogP) is 4.81. The molecule has 2 aliphatic heterocycles. The van der Waals surface area contributed by atoms with Gasteiger partial charge in [0, 0.05) is 24.4 Å². The van der Waals surface area contributed by atoms with Gasteiger partial charge >= 0.3 is 6.09 Å². The molecular formula is C26H29NO3. The minimum atomic E-state index is -0.210. The molecule has 1 amide bonds. The molecule has 0 atom stereocenters. The summed E-state index contributed by atoms with van der Waals surface area (Å²) in [4.78, 5) is 15.0. The van der Waals surface area contributed by atoms with Crippen LogP contribution < -0.4 is 0 Å². The Kier molecular flexibility index (Phi) is 4.05. The molecule has 2 saturated heterocycles. The fraction of sp³-hybridized carbons (Fsp3) is 0.500. The molecule has 2 bridgehead atoms. The predicted molar refractivity (Wildman–Crippen MR) is 115 cm³/mol. The third-order valence-electron chi connectivity index (χ3n) is 8.39. The SMILES string of the molecule is O=C(OCC1c2ccccc2-c2ccccc21)N1CC2(CO)CC(C3CCC3)(C1)C2. The summed E-state index contributed by atoms with van der Waals surface area (Å²) in [6.07, 6.45) is 5.81. The molecule has 4 fully saturated rings. The molecule has 5 aliphatic rings. The Morgan fingerprint density at radius 2 is 1.63 bits per heavy atom. The van der Waals surface area contributed by atoms with E-state index in [2.05, 4.69) is 48.5 Å². The molecule has 0 aromatic heterocycles. The highest BCUT2D eigenvalue weighted by Gasteiger charge is 2.63. The van der Waals surface area contributed by atoms with Crippen LogP contribution in [0.25, 0.3) is 11.1 Å². The summed E-state index contributed by atoms with van der Waals surface area (Å²) < 4.78 is 5.92. The van der Waals surface area contributed by atoms with Crippen molar-refractivity contribution in [3.05, 3.63) is 59.7 Å². The van der Waals surface area contributed by atoms with E-state index in [-0.39, 0.29) is 29.4 Å². The Bertz CT molecular complexity index is 944. The van der Waals surface area contributed by atoms with Crippen molar-refractivity contribution in [1.29, 1.82) is 0 Å². The van der Waals surface area contributed by atoms with Crippen LogP contribution in [-0.2, 0) is 4.74 Å². The highest BCUT2D eigenvalue weighted by atomic mass is 16.6. The highest BCUT2D eigenvalue weighted by Crippen LogP contribution is 2.65. The van der Waals surface area contributed by atoms with Gasteiger partial charge in [0.1, 0.15) is 6.61 Å². The Morgan fingerprint density at radius 1 is 1.00 bits per heavy atom. The summed E-state index contributed by atoms with van der Waals surface area (Å²) in [6.45, 7) is 1.98. The van der Waals surface area contributed by atoms with Crippen LogP contribution in [0.2, 0.25) is 0 Å². The number of aliphatic hydroxyl groups is 1. The van der Waals surface area contributed by atoms with Crippen LogP contribution in [0.5, 0.6) is 0 Å². The van der Waals surface area contributed by atoms with Gasteiger partial charge in [0.2, 0.25) is 0 Å². The average molecular weight is 404 g/mol. The quantitative estimate of drug-likeness (QED) is 0.797. The second-order valence-corrected chi connectivity index (χ2v) is 10.2. The first-order valence-electron chi connectivity index (χ1n) is 11.3. The van der Waals surface area contributed by atoms with Crippen molar-refractivity contribution >= 4 is 6.09 Å². The number of rotatable bonds is 4. The van der Waals surface area contributed by atoms with Crippen molar-refractivity contribution in [3.8, 4) is 11.1 Å². The van der Waals surface area contributed by atoms with Gasteiger partial charge in [0.25, 0.3) is 0 Å². The molecular weight excluding hydrogens is 374 g/mol. The lowest BCUT2D eigenvalue weighted by Crippen LogP contribution is -2.68. The Labute approximate surface area is 177 Å². The number of piperidine rings is 2. The monoisotopic (exact) mass is 403 g/mol. The zero-order valence-corrected chi connectivity index (χ0v) is 17.3. The van der Waals surface area contributed by atoms with Gasteiger partial charge in [-0.1, -0.05) is 55.0 Å². The molecule has 30 heavy (non-hydrogen) atoms. The first-order chi connectivity index (χ1) is 14.6. The smallest absolute Gasteiger partial charge is 0.409 e. The lowest BCUT2D eigenvalue weighted by molar-refractivity contribution is -0.187. The van der Waals surface area contributed by atoms with Crippen molar-refractivity contribution in [2.75, 3.05) is 26.3 Å². The van der Waals surface area contributed by atoms with Gasteiger partial charge in [0.15, 0.2) is 0 Å². The van der Waals surface area contributed by atoms with Gasteiger partial charge in [-0.05, 0) is 59.3 Å². The molecule has 4 heteroatoms. The Balaban J connectivity index is 1.19. The standard InChI is InChI=1S/C26H29NO3/c28-17-25-13-26(14-25,18-6-5-7-18)16-27(15-25)24(29)30-12-23-21-10-3-1-8-19(21)20-9-2-4-11-22(20)23/h1-4,8-11,18,23,28H,5-7,12-17H2. The van der Waals surface area contributed by atoms with Crippen molar-refractivity contribution in [3.63, 3.8) is 0 Å². The maximum atomic E-state index is 13.1. The van der Waals surface area contributed by atoms with Crippen LogP contribution in [0.1, 0.15) is 49.1 Å². The lowest BCUT2D eigenvalue weighted by atomic mass is 9.43. The third-order valence-corrected chi connectivity index (χ3v) is 8.39. The van der Waals surface area contributed by atoms with Gasteiger partial charge in [-0.2, -0.15) is 0 Å². The molecule has 2 aromatic carbocycles. The van der Waals surface area contributed by atoms with Gasteiger partial charge in [-0.25, -0.2) is 4.79 Å². The van der Waals surface area contributed by atoms with E-state index in [1.165, 1.54) is 41.5 Å². The van der Waals surface area contributed by atoms with E-state index in [0.29, 0.717) is 13.2 Å². The zero-order valence-electron chi connectivity index (χ0n) is 17.3. The molecule has 2 aromatic rings. The van der Waals surface area contributed by atoms with Gasteiger partial charge in [-0.3, -0.25) is 0 Å². The molecule has 2 saturated carbocycles. The number of ether oxygens (including phenoxy) is 1. The first-order valence-corrected chi connectivity index (χ1v) is 11.3. The minimum absolute atomic E-state index is 0.0908. The fourth-order valence-corrected chi connectivity index (χ4v) is 6.92. The van der Waals surface area contributed by atoms with Crippen LogP contribution in [0.4, 0.5) is 4.79 Å². The minimum Gasteiger partial charge on any atom is -0.448 e. The van der Waals surface area contributed by atoms with E-state index in [1.807, 2.05) is 4.90 Å². The largest absolute Gasteiger partial charge is 0.448 e. The van der Waals surface area contributed by atoms with Crippen molar-refractivity contribution in [2.45, 2.75) is 38.0 Å². The average Bonchev–Trinajstić information content (AvgIpc) is 3.04. The summed E-state index contributed by atoms with van der Waals surface area (Å²) in [5.41, 5.74) is 5.11. The summed E-state index contributed by atoms with van der Waals surface area (Å²) in [5.74, 6) is 0.814. The Morgan fingerprint density at radius 3 is 2.20 bits per heavy atom. The number of aliphatic hydroxyl groups excluding tert-OH is 1. The molecule has 0 radical (unpaired) electrons. The molecule has 4 nitrogen and oxygen atoms in total. The van der Waals surface area contributed by atoms with Crippen molar-refractivity contribution in [1.82, 2.24) is 4.90 Å². The second kappa shape index (κ2) is 6.58. The van der Waals surface area contributed by atoms with Crippen LogP contribution >= 0.6 is 0 Å². The molecule has 7 rings (SSSR count). The van der Waals surface area contributed by atoms with E-state index in [1.54, 1.807) is 0 Å². The number of carbonyl (C=O) groups excluding carboxylic acids is 1. The van der Waals surface area contributed by atoms with Gasteiger partial charge < -0.3 is 14.7 Å². The fourth-order valence-electron chi connectivity index (χ4n) is 6.92. The number of nitrogens with zero attached hydrogens (tertiary/aromatic N) is 1. The Hall–Kier alpha value is -2.33. The first kappa shape index (κ1) is 18.4. The third kappa shape index (κ3) is 2.59. The van der Waals surface area contributed by atoms with Crippen molar-refractivity contribution < 1.29 is 14.6 Å². The van der Waals surface area contributed by atoms with E-state index in [0.717, 1.165) is 25.3 Å². The number of hydrogen-bond acceptors (Lipinski definition) is 3. The molecule has 0 unspecified atom stereocenters. The zero-order chi connectivity index (χ0) is 20.3. The number of carbonyl (C=O) groups is 1. The van der Waals surface area contributed by atoms with E-state index < -0.39 is 0 Å². The molecule has 156 valence electrons. The van der Waals surface area contributed by atoms with E-state index >= 15 is 0 Å². The number of amides is 1. The van der Waals surface area contributed by atoms with Gasteiger partial charge in [-0.15, -0.1) is 0 Å². The highest BCUT2D eigenvalue weighted by molar-refractivity contribution is 5.79. The maximum Gasteiger partial charge on any atom is 0.409 e. The number of hydrogen-bond donors (Lipinski definition) is 1. The normalized spacial score (nSPS) is 29.6. The van der Waals surface area contributed by atoms with Crippen LogP contribution in [0.15, 0.2) is 48.5 Å². The van der Waals surface area contributed by atoms with Crippen LogP contribution in [0.3, 0.4) is 0 Å². The molecule has 0 spiro atoms.